The summed E-state index contributed by atoms with van der Waals surface area (Å²) in [5.74, 6) is 0. The topological polar surface area (TPSA) is 55.9 Å². The summed E-state index contributed by atoms with van der Waals surface area (Å²) in [4.78, 5) is 3.94. The van der Waals surface area contributed by atoms with E-state index in [4.69, 9.17) is 11.6 Å². The first kappa shape index (κ1) is 10.2. The monoisotopic (exact) mass is 226 g/mol. The van der Waals surface area contributed by atoms with Gasteiger partial charge in [-0.15, -0.1) is 0 Å². The summed E-state index contributed by atoms with van der Waals surface area (Å²) in [5, 5.41) is 14.5. The molecule has 0 saturated heterocycles. The van der Waals surface area contributed by atoms with Crippen molar-refractivity contribution in [3.05, 3.63) is 35.1 Å². The normalized spacial score (nSPS) is 13.1. The van der Waals surface area contributed by atoms with Crippen molar-refractivity contribution >= 4 is 11.6 Å². The molecule has 0 amide bonds. The van der Waals surface area contributed by atoms with Crippen molar-refractivity contribution in [3.63, 3.8) is 0 Å². The van der Waals surface area contributed by atoms with Crippen LogP contribution in [-0.4, -0.2) is 24.4 Å². The van der Waals surface area contributed by atoms with Gasteiger partial charge in [-0.1, -0.05) is 11.6 Å². The van der Waals surface area contributed by atoms with Gasteiger partial charge in [0.25, 0.3) is 0 Å². The Morgan fingerprint density at radius 3 is 2.60 bits per heavy atom. The molecule has 0 aliphatic heterocycles. The second-order valence-corrected chi connectivity index (χ2v) is 3.74. The quantitative estimate of drug-likeness (QED) is 0.828. The zero-order valence-corrected chi connectivity index (χ0v) is 9.18. The molecule has 0 aromatic carbocycles. The molecular weight excluding hydrogens is 216 g/mol. The number of aryl methyl sites for hydroxylation is 2. The highest BCUT2D eigenvalue weighted by molar-refractivity contribution is 6.31. The van der Waals surface area contributed by atoms with E-state index in [0.717, 1.165) is 0 Å². The van der Waals surface area contributed by atoms with Crippen LogP contribution in [-0.2, 0) is 14.1 Å². The molecule has 0 bridgehead atoms. The van der Waals surface area contributed by atoms with Gasteiger partial charge in [0.2, 0.25) is 0 Å². The molecule has 0 saturated carbocycles. The first-order valence-electron chi connectivity index (χ1n) is 4.43. The number of aliphatic hydroxyl groups excluding tert-OH is 1. The van der Waals surface area contributed by atoms with Crippen molar-refractivity contribution in [2.45, 2.75) is 6.10 Å². The second kappa shape index (κ2) is 3.67. The first-order chi connectivity index (χ1) is 7.11. The van der Waals surface area contributed by atoms with Gasteiger partial charge in [-0.05, 0) is 0 Å². The van der Waals surface area contributed by atoms with Crippen LogP contribution in [0.3, 0.4) is 0 Å². The highest BCUT2D eigenvalue weighted by Crippen LogP contribution is 2.26. The molecule has 2 aromatic rings. The number of halogens is 1. The maximum absolute atomic E-state index is 10.1. The third-order valence-corrected chi connectivity index (χ3v) is 2.62. The zero-order chi connectivity index (χ0) is 11.0. The van der Waals surface area contributed by atoms with Crippen molar-refractivity contribution < 1.29 is 5.11 Å². The highest BCUT2D eigenvalue weighted by atomic mass is 35.5. The molecule has 5 nitrogen and oxygen atoms in total. The van der Waals surface area contributed by atoms with Crippen molar-refractivity contribution in [3.8, 4) is 0 Å². The van der Waals surface area contributed by atoms with Crippen LogP contribution in [0.5, 0.6) is 0 Å². The van der Waals surface area contributed by atoms with E-state index in [1.165, 1.54) is 6.20 Å². The van der Waals surface area contributed by atoms with Crippen LogP contribution in [0.1, 0.15) is 17.5 Å². The highest BCUT2D eigenvalue weighted by Gasteiger charge is 2.20. The average Bonchev–Trinajstić information content (AvgIpc) is 2.73. The first-order valence-corrected chi connectivity index (χ1v) is 4.80. The van der Waals surface area contributed by atoms with E-state index in [9.17, 15) is 5.11 Å². The Morgan fingerprint density at radius 2 is 2.13 bits per heavy atom. The molecular formula is C9H11ClN4O. The van der Waals surface area contributed by atoms with Gasteiger partial charge in [0.05, 0.1) is 35.1 Å². The third-order valence-electron chi connectivity index (χ3n) is 2.33. The van der Waals surface area contributed by atoms with Gasteiger partial charge in [-0.3, -0.25) is 4.68 Å². The molecule has 1 N–H and O–H groups in total. The summed E-state index contributed by atoms with van der Waals surface area (Å²) < 4.78 is 3.30. The largest absolute Gasteiger partial charge is 0.380 e. The molecule has 2 rings (SSSR count). The lowest BCUT2D eigenvalue weighted by atomic mass is 10.2. The van der Waals surface area contributed by atoms with Crippen molar-refractivity contribution in [2.24, 2.45) is 14.1 Å². The van der Waals surface area contributed by atoms with Gasteiger partial charge in [0, 0.05) is 14.1 Å². The molecule has 15 heavy (non-hydrogen) atoms. The van der Waals surface area contributed by atoms with Gasteiger partial charge < -0.3 is 9.67 Å². The molecule has 80 valence electrons. The Morgan fingerprint density at radius 1 is 1.40 bits per heavy atom. The van der Waals surface area contributed by atoms with Gasteiger partial charge in [-0.2, -0.15) is 5.10 Å². The Balaban J connectivity index is 2.45. The van der Waals surface area contributed by atoms with Crippen molar-refractivity contribution in [1.29, 1.82) is 0 Å². The maximum Gasteiger partial charge on any atom is 0.139 e. The van der Waals surface area contributed by atoms with Crippen LogP contribution >= 0.6 is 11.6 Å². The number of nitrogens with zero attached hydrogens (tertiary/aromatic N) is 4. The van der Waals surface area contributed by atoms with Crippen LogP contribution in [0.2, 0.25) is 5.02 Å². The molecule has 0 aliphatic carbocycles. The predicted octanol–water partition coefficient (Wildman–Crippen LogP) is 0.889. The lowest BCUT2D eigenvalue weighted by molar-refractivity contribution is 0.201. The number of hydrogen-bond donors (Lipinski definition) is 1. The molecule has 2 heterocycles. The third kappa shape index (κ3) is 1.64. The Bertz CT molecular complexity index is 457. The van der Waals surface area contributed by atoms with Gasteiger partial charge >= 0.3 is 0 Å². The van der Waals surface area contributed by atoms with Gasteiger partial charge in [0.1, 0.15) is 6.10 Å². The fourth-order valence-electron chi connectivity index (χ4n) is 1.50. The molecule has 1 atom stereocenters. The van der Waals surface area contributed by atoms with Crippen LogP contribution in [0.15, 0.2) is 18.7 Å². The van der Waals surface area contributed by atoms with Crippen LogP contribution < -0.4 is 0 Å². The summed E-state index contributed by atoms with van der Waals surface area (Å²) in [6.45, 7) is 0. The van der Waals surface area contributed by atoms with Crippen molar-refractivity contribution in [2.75, 3.05) is 0 Å². The second-order valence-electron chi connectivity index (χ2n) is 3.33. The maximum atomic E-state index is 10.1. The summed E-state index contributed by atoms with van der Waals surface area (Å²) in [6, 6.07) is 0. The standard InChI is InChI=1S/C9H11ClN4O/c1-13-5-11-4-7(13)9(15)8-6(10)3-12-14(8)2/h3-5,9,15H,1-2H3. The van der Waals surface area contributed by atoms with E-state index >= 15 is 0 Å². The molecule has 0 spiro atoms. The molecule has 2 aromatic heterocycles. The van der Waals surface area contributed by atoms with Gasteiger partial charge in [-0.25, -0.2) is 4.98 Å². The molecule has 0 fully saturated rings. The van der Waals surface area contributed by atoms with E-state index in [0.29, 0.717) is 16.4 Å². The summed E-state index contributed by atoms with van der Waals surface area (Å²) in [7, 11) is 3.55. The van der Waals surface area contributed by atoms with E-state index in [1.807, 2.05) is 7.05 Å². The lowest BCUT2D eigenvalue weighted by Gasteiger charge is -2.12. The van der Waals surface area contributed by atoms with Crippen molar-refractivity contribution in [1.82, 2.24) is 19.3 Å². The summed E-state index contributed by atoms with van der Waals surface area (Å²) in [5.41, 5.74) is 1.25. The molecule has 6 heteroatoms. The number of imidazole rings is 1. The van der Waals surface area contributed by atoms with E-state index in [1.54, 1.807) is 28.8 Å². The SMILES string of the molecule is Cn1cncc1C(O)c1c(Cl)cnn1C. The van der Waals surface area contributed by atoms with Crippen LogP contribution in [0, 0.1) is 0 Å². The Hall–Kier alpha value is -1.33. The predicted molar refractivity (Wildman–Crippen MR) is 55.5 cm³/mol. The van der Waals surface area contributed by atoms with Crippen LogP contribution in [0.4, 0.5) is 0 Å². The molecule has 0 radical (unpaired) electrons. The Kier molecular flexibility index (Phi) is 2.50. The number of aromatic nitrogens is 4. The van der Waals surface area contributed by atoms with Crippen LogP contribution in [0.25, 0.3) is 0 Å². The summed E-state index contributed by atoms with van der Waals surface area (Å²) in [6.07, 6.45) is 3.94. The number of aliphatic hydroxyl groups is 1. The molecule has 1 unspecified atom stereocenters. The lowest BCUT2D eigenvalue weighted by Crippen LogP contribution is -2.10. The van der Waals surface area contributed by atoms with E-state index in [2.05, 4.69) is 10.1 Å². The fourth-order valence-corrected chi connectivity index (χ4v) is 1.77. The minimum atomic E-state index is -0.808. The minimum Gasteiger partial charge on any atom is -0.380 e. The smallest absolute Gasteiger partial charge is 0.139 e. The van der Waals surface area contributed by atoms with E-state index < -0.39 is 6.10 Å². The molecule has 0 aliphatic rings. The minimum absolute atomic E-state index is 0.450. The summed E-state index contributed by atoms with van der Waals surface area (Å²) >= 11 is 5.94. The number of hydrogen-bond acceptors (Lipinski definition) is 3. The van der Waals surface area contributed by atoms with Gasteiger partial charge in [0.15, 0.2) is 0 Å². The zero-order valence-electron chi connectivity index (χ0n) is 8.42. The fraction of sp³-hybridized carbons (Fsp3) is 0.333. The number of rotatable bonds is 2. The Labute approximate surface area is 91.9 Å². The average molecular weight is 227 g/mol. The van der Waals surface area contributed by atoms with E-state index in [-0.39, 0.29) is 0 Å².